The van der Waals surface area contributed by atoms with E-state index in [1.807, 2.05) is 0 Å². The first-order valence-electron chi connectivity index (χ1n) is 5.01. The molecule has 0 bridgehead atoms. The van der Waals surface area contributed by atoms with Gasteiger partial charge in [0.15, 0.2) is 5.65 Å². The molecule has 1 aliphatic carbocycles. The van der Waals surface area contributed by atoms with Gasteiger partial charge in [-0.2, -0.15) is 0 Å². The molecule has 0 unspecified atom stereocenters. The summed E-state index contributed by atoms with van der Waals surface area (Å²) < 4.78 is 1.19. The van der Waals surface area contributed by atoms with E-state index in [-0.39, 0.29) is 5.56 Å². The average Bonchev–Trinajstić information content (AvgIpc) is 2.99. The van der Waals surface area contributed by atoms with Crippen LogP contribution in [0.25, 0.3) is 5.65 Å². The molecule has 6 nitrogen and oxygen atoms in total. The van der Waals surface area contributed by atoms with E-state index in [1.165, 1.54) is 4.52 Å². The van der Waals surface area contributed by atoms with Gasteiger partial charge in [-0.15, -0.1) is 0 Å². The fraction of sp³-hybridized carbons (Fsp3) is 0.300. The topological polar surface area (TPSA) is 87.5 Å². The molecular weight excluding hydrogens is 210 g/mol. The van der Waals surface area contributed by atoms with E-state index in [0.29, 0.717) is 11.6 Å². The highest BCUT2D eigenvalue weighted by atomic mass is 16.4. The van der Waals surface area contributed by atoms with Crippen LogP contribution in [0.4, 0.5) is 0 Å². The van der Waals surface area contributed by atoms with Gasteiger partial charge in [0, 0.05) is 23.9 Å². The lowest BCUT2D eigenvalue weighted by molar-refractivity contribution is 0.0694. The molecule has 16 heavy (non-hydrogen) atoms. The first-order valence-corrected chi connectivity index (χ1v) is 5.01. The Labute approximate surface area is 89.5 Å². The largest absolute Gasteiger partial charge is 0.477 e. The molecule has 0 radical (unpaired) electrons. The molecule has 2 aromatic heterocycles. The van der Waals surface area contributed by atoms with Gasteiger partial charge in [-0.1, -0.05) is 0 Å². The normalized spacial score (nSPS) is 15.5. The molecule has 0 aliphatic heterocycles. The zero-order chi connectivity index (χ0) is 11.3. The highest BCUT2D eigenvalue weighted by Crippen LogP contribution is 2.39. The standard InChI is InChI=1S/C10H9N3O3/c14-9-6(10(15)16)4-11-8-3-7(5-1-2-5)12-13(8)9/h3-5,12H,1-2H2,(H,15,16). The van der Waals surface area contributed by atoms with Gasteiger partial charge >= 0.3 is 5.97 Å². The van der Waals surface area contributed by atoms with Crippen LogP contribution in [0.5, 0.6) is 0 Å². The van der Waals surface area contributed by atoms with Gasteiger partial charge in [-0.25, -0.2) is 14.3 Å². The van der Waals surface area contributed by atoms with Crippen LogP contribution in [0.1, 0.15) is 34.8 Å². The Morgan fingerprint density at radius 2 is 2.31 bits per heavy atom. The lowest BCUT2D eigenvalue weighted by Crippen LogP contribution is -2.22. The Bertz CT molecular complexity index is 636. The molecule has 82 valence electrons. The molecule has 1 fully saturated rings. The van der Waals surface area contributed by atoms with Crippen molar-refractivity contribution in [2.75, 3.05) is 0 Å². The number of carboxylic acids is 1. The zero-order valence-corrected chi connectivity index (χ0v) is 8.30. The van der Waals surface area contributed by atoms with Crippen molar-refractivity contribution in [1.29, 1.82) is 0 Å². The van der Waals surface area contributed by atoms with Crippen LogP contribution in [-0.4, -0.2) is 25.7 Å². The van der Waals surface area contributed by atoms with Gasteiger partial charge in [0.05, 0.1) is 0 Å². The zero-order valence-electron chi connectivity index (χ0n) is 8.30. The summed E-state index contributed by atoms with van der Waals surface area (Å²) in [6, 6.07) is 1.80. The predicted molar refractivity (Wildman–Crippen MR) is 54.7 cm³/mol. The number of hydrogen-bond acceptors (Lipinski definition) is 3. The van der Waals surface area contributed by atoms with E-state index >= 15 is 0 Å². The highest BCUT2D eigenvalue weighted by Gasteiger charge is 2.26. The molecule has 0 amide bonds. The third-order valence-corrected chi connectivity index (χ3v) is 2.76. The number of hydrogen-bond donors (Lipinski definition) is 2. The summed E-state index contributed by atoms with van der Waals surface area (Å²) in [4.78, 5) is 26.4. The monoisotopic (exact) mass is 219 g/mol. The van der Waals surface area contributed by atoms with E-state index in [4.69, 9.17) is 5.11 Å². The second kappa shape index (κ2) is 2.94. The van der Waals surface area contributed by atoms with Crippen molar-refractivity contribution in [1.82, 2.24) is 14.6 Å². The number of H-pyrrole nitrogens is 1. The number of carbonyl (C=O) groups is 1. The maximum absolute atomic E-state index is 11.7. The van der Waals surface area contributed by atoms with E-state index in [1.54, 1.807) is 6.07 Å². The second-order valence-corrected chi connectivity index (χ2v) is 3.96. The van der Waals surface area contributed by atoms with E-state index in [2.05, 4.69) is 10.1 Å². The fourth-order valence-electron chi connectivity index (χ4n) is 1.73. The van der Waals surface area contributed by atoms with Gasteiger partial charge in [0.2, 0.25) is 0 Å². The molecule has 6 heteroatoms. The molecule has 2 N–H and O–H groups in total. The smallest absolute Gasteiger partial charge is 0.343 e. The number of nitrogens with zero attached hydrogens (tertiary/aromatic N) is 2. The summed E-state index contributed by atoms with van der Waals surface area (Å²) in [5.74, 6) is -0.788. The summed E-state index contributed by atoms with van der Waals surface area (Å²) in [6.07, 6.45) is 3.31. The summed E-state index contributed by atoms with van der Waals surface area (Å²) in [5.41, 5.74) is 0.537. The van der Waals surface area contributed by atoms with E-state index < -0.39 is 11.5 Å². The summed E-state index contributed by atoms with van der Waals surface area (Å²) in [7, 11) is 0. The van der Waals surface area contributed by atoms with Crippen molar-refractivity contribution in [2.24, 2.45) is 0 Å². The minimum atomic E-state index is -1.26. The van der Waals surface area contributed by atoms with Crippen molar-refractivity contribution >= 4 is 11.6 Å². The van der Waals surface area contributed by atoms with Crippen LogP contribution in [0.3, 0.4) is 0 Å². The molecular formula is C10H9N3O3. The minimum Gasteiger partial charge on any atom is -0.477 e. The molecule has 1 saturated carbocycles. The Morgan fingerprint density at radius 1 is 1.56 bits per heavy atom. The second-order valence-electron chi connectivity index (χ2n) is 3.96. The Hall–Kier alpha value is -2.11. The maximum Gasteiger partial charge on any atom is 0.343 e. The maximum atomic E-state index is 11.7. The van der Waals surface area contributed by atoms with Gasteiger partial charge in [-0.05, 0) is 12.8 Å². The van der Waals surface area contributed by atoms with Crippen molar-refractivity contribution in [3.63, 3.8) is 0 Å². The van der Waals surface area contributed by atoms with Crippen molar-refractivity contribution in [3.05, 3.63) is 33.9 Å². The number of aromatic amines is 1. The van der Waals surface area contributed by atoms with Gasteiger partial charge in [0.25, 0.3) is 5.56 Å². The Morgan fingerprint density at radius 3 is 2.94 bits per heavy atom. The first kappa shape index (κ1) is 9.14. The molecule has 3 rings (SSSR count). The summed E-state index contributed by atoms with van der Waals surface area (Å²) >= 11 is 0. The van der Waals surface area contributed by atoms with Crippen LogP contribution in [0.2, 0.25) is 0 Å². The Balaban J connectivity index is 2.26. The lowest BCUT2D eigenvalue weighted by Gasteiger charge is -1.94. The molecule has 2 heterocycles. The van der Waals surface area contributed by atoms with Crippen LogP contribution < -0.4 is 5.56 Å². The summed E-state index contributed by atoms with van der Waals surface area (Å²) in [5, 5.41) is 11.7. The van der Waals surface area contributed by atoms with Gasteiger partial charge in [0.1, 0.15) is 5.56 Å². The van der Waals surface area contributed by atoms with Crippen LogP contribution >= 0.6 is 0 Å². The first-order chi connectivity index (χ1) is 7.66. The van der Waals surface area contributed by atoms with Crippen LogP contribution in [0, 0.1) is 0 Å². The quantitative estimate of drug-likeness (QED) is 0.774. The van der Waals surface area contributed by atoms with Crippen LogP contribution in [0.15, 0.2) is 17.1 Å². The van der Waals surface area contributed by atoms with Gasteiger partial charge in [-0.3, -0.25) is 9.89 Å². The average molecular weight is 219 g/mol. The van der Waals surface area contributed by atoms with Crippen LogP contribution in [-0.2, 0) is 0 Å². The molecule has 2 aromatic rings. The number of fused-ring (bicyclic) bond motifs is 1. The number of carboxylic acid groups (broad SMARTS) is 1. The number of aromatic carboxylic acids is 1. The minimum absolute atomic E-state index is 0.318. The fourth-order valence-corrected chi connectivity index (χ4v) is 1.73. The van der Waals surface area contributed by atoms with Crippen molar-refractivity contribution in [3.8, 4) is 0 Å². The van der Waals surface area contributed by atoms with Gasteiger partial charge < -0.3 is 5.11 Å². The number of aromatic nitrogens is 3. The molecule has 1 aliphatic rings. The van der Waals surface area contributed by atoms with E-state index in [9.17, 15) is 9.59 Å². The third-order valence-electron chi connectivity index (χ3n) is 2.76. The SMILES string of the molecule is O=C(O)c1cnc2cc(C3CC3)[nH]n2c1=O. The predicted octanol–water partition coefficient (Wildman–Crippen LogP) is 0.598. The summed E-state index contributed by atoms with van der Waals surface area (Å²) in [6.45, 7) is 0. The van der Waals surface area contributed by atoms with Crippen molar-refractivity contribution < 1.29 is 9.90 Å². The highest BCUT2D eigenvalue weighted by molar-refractivity contribution is 5.86. The molecule has 0 aromatic carbocycles. The molecule has 0 saturated heterocycles. The van der Waals surface area contributed by atoms with E-state index in [0.717, 1.165) is 24.7 Å². The lowest BCUT2D eigenvalue weighted by atomic mass is 10.3. The number of nitrogens with one attached hydrogen (secondary N) is 1. The third kappa shape index (κ3) is 1.23. The molecule has 0 atom stereocenters. The Kier molecular flexibility index (Phi) is 1.68. The molecule has 0 spiro atoms. The van der Waals surface area contributed by atoms with Crippen molar-refractivity contribution in [2.45, 2.75) is 18.8 Å². The number of rotatable bonds is 2.